The van der Waals surface area contributed by atoms with E-state index in [0.29, 0.717) is 71.6 Å². The predicted molar refractivity (Wildman–Crippen MR) is 150 cm³/mol. The first-order valence-corrected chi connectivity index (χ1v) is 14.1. The standard InChI is InChI=1S/C25H52N10O3/c1-21(36)33-25-18-29-11-9-27-15-24(16-28-10-12-30-19-25,17-31-13-14-35(2)20-25)34-23(38)6-3-5-22(37)32-8-4-7-26/h27-31H,3-20,26H2,1-2H3,(H,32,37)(H,33,36)(H,34,38)/t24-,25+. The minimum atomic E-state index is -0.521. The maximum atomic E-state index is 13.0. The molecule has 3 heterocycles. The zero-order chi connectivity index (χ0) is 27.7. The molecule has 3 rings (SSSR count). The van der Waals surface area contributed by atoms with Crippen LogP contribution >= 0.6 is 0 Å². The van der Waals surface area contributed by atoms with Gasteiger partial charge in [-0.2, -0.15) is 0 Å². The highest BCUT2D eigenvalue weighted by molar-refractivity contribution is 5.79. The number of fused-ring (bicyclic) bond motifs is 15. The number of likely N-dealkylation sites (N-methyl/N-ethyl adjacent to an activating group) is 1. The van der Waals surface area contributed by atoms with Gasteiger partial charge in [0.1, 0.15) is 0 Å². The summed E-state index contributed by atoms with van der Waals surface area (Å²) < 4.78 is 0. The highest BCUT2D eigenvalue weighted by Crippen LogP contribution is 2.08. The average molecular weight is 541 g/mol. The Balaban J connectivity index is 2.06. The van der Waals surface area contributed by atoms with Crippen molar-refractivity contribution in [3.63, 3.8) is 0 Å². The van der Waals surface area contributed by atoms with Gasteiger partial charge in [-0.3, -0.25) is 14.4 Å². The fourth-order valence-corrected chi connectivity index (χ4v) is 5.04. The second kappa shape index (κ2) is 17.7. The Morgan fingerprint density at radius 1 is 0.763 bits per heavy atom. The SMILES string of the molecule is CC(=O)N[C@]12CNCCNC[C@](NC(=O)CCCC(=O)NCCCN)(CNCCNC1)CNCCN(C)C2. The van der Waals surface area contributed by atoms with Crippen LogP contribution in [0.3, 0.4) is 0 Å². The van der Waals surface area contributed by atoms with Gasteiger partial charge in [0.25, 0.3) is 0 Å². The summed E-state index contributed by atoms with van der Waals surface area (Å²) in [6.45, 7) is 10.9. The van der Waals surface area contributed by atoms with Gasteiger partial charge in [0, 0.05) is 105 Å². The minimum Gasteiger partial charge on any atom is -0.356 e. The lowest BCUT2D eigenvalue weighted by molar-refractivity contribution is -0.124. The number of hydrogen-bond donors (Lipinski definition) is 9. The summed E-state index contributed by atoms with van der Waals surface area (Å²) in [6.07, 6.45) is 1.87. The third-order valence-corrected chi connectivity index (χ3v) is 6.87. The Hall–Kier alpha value is -1.87. The van der Waals surface area contributed by atoms with Crippen LogP contribution in [0.15, 0.2) is 0 Å². The first kappa shape index (κ1) is 32.3. The van der Waals surface area contributed by atoms with Crippen LogP contribution in [0.4, 0.5) is 0 Å². The molecule has 3 fully saturated rings. The van der Waals surface area contributed by atoms with Gasteiger partial charge in [-0.15, -0.1) is 0 Å². The van der Waals surface area contributed by atoms with Gasteiger partial charge in [-0.25, -0.2) is 0 Å². The van der Waals surface area contributed by atoms with Crippen LogP contribution in [0.25, 0.3) is 0 Å². The number of carbonyl (C=O) groups is 3. The maximum absolute atomic E-state index is 13.0. The minimum absolute atomic E-state index is 0.0358. The topological polar surface area (TPSA) is 177 Å². The molecule has 0 saturated carbocycles. The number of nitrogens with zero attached hydrogens (tertiary/aromatic N) is 1. The van der Waals surface area contributed by atoms with Gasteiger partial charge in [0.15, 0.2) is 0 Å². The van der Waals surface area contributed by atoms with E-state index in [0.717, 1.165) is 45.7 Å². The fraction of sp³-hybridized carbons (Fsp3) is 0.880. The van der Waals surface area contributed by atoms with Crippen LogP contribution in [0.1, 0.15) is 32.6 Å². The molecule has 10 N–H and O–H groups in total. The number of carbonyl (C=O) groups excluding carboxylic acids is 3. The van der Waals surface area contributed by atoms with E-state index >= 15 is 0 Å². The molecule has 0 radical (unpaired) electrons. The highest BCUT2D eigenvalue weighted by atomic mass is 16.2. The lowest BCUT2D eigenvalue weighted by Crippen LogP contribution is -2.68. The van der Waals surface area contributed by atoms with E-state index in [1.807, 2.05) is 0 Å². The van der Waals surface area contributed by atoms with E-state index in [1.54, 1.807) is 6.92 Å². The Morgan fingerprint density at radius 3 is 1.84 bits per heavy atom. The largest absolute Gasteiger partial charge is 0.356 e. The number of nitrogens with two attached hydrogens (primary N) is 1. The summed E-state index contributed by atoms with van der Waals surface area (Å²) in [5, 5.41) is 27.0. The summed E-state index contributed by atoms with van der Waals surface area (Å²) in [5.74, 6) is -0.135. The van der Waals surface area contributed by atoms with Crippen molar-refractivity contribution in [2.45, 2.75) is 43.7 Å². The lowest BCUT2D eigenvalue weighted by atomic mass is 9.96. The van der Waals surface area contributed by atoms with Crippen molar-refractivity contribution >= 4 is 17.7 Å². The number of hydrogen-bond acceptors (Lipinski definition) is 10. The predicted octanol–water partition coefficient (Wildman–Crippen LogP) is -3.74. The van der Waals surface area contributed by atoms with Crippen molar-refractivity contribution in [2.75, 3.05) is 98.7 Å². The van der Waals surface area contributed by atoms with Crippen LogP contribution in [-0.4, -0.2) is 132 Å². The number of nitrogens with one attached hydrogen (secondary N) is 8. The number of amides is 3. The molecule has 0 atom stereocenters. The van der Waals surface area contributed by atoms with Crippen molar-refractivity contribution in [2.24, 2.45) is 5.73 Å². The zero-order valence-corrected chi connectivity index (χ0v) is 23.5. The summed E-state index contributed by atoms with van der Waals surface area (Å²) in [5.41, 5.74) is 4.52. The molecule has 2 bridgehead atoms. The summed E-state index contributed by atoms with van der Waals surface area (Å²) in [4.78, 5) is 39.3. The van der Waals surface area contributed by atoms with Crippen LogP contribution in [0.5, 0.6) is 0 Å². The van der Waals surface area contributed by atoms with E-state index in [-0.39, 0.29) is 17.7 Å². The van der Waals surface area contributed by atoms with Crippen LogP contribution < -0.4 is 48.3 Å². The summed E-state index contributed by atoms with van der Waals surface area (Å²) in [7, 11) is 2.07. The van der Waals surface area contributed by atoms with Crippen molar-refractivity contribution in [3.8, 4) is 0 Å². The smallest absolute Gasteiger partial charge is 0.220 e. The molecule has 3 aliphatic rings. The van der Waals surface area contributed by atoms with Gasteiger partial charge in [0.2, 0.25) is 17.7 Å². The van der Waals surface area contributed by atoms with E-state index in [1.165, 1.54) is 0 Å². The van der Waals surface area contributed by atoms with E-state index in [4.69, 9.17) is 5.73 Å². The third kappa shape index (κ3) is 12.8. The van der Waals surface area contributed by atoms with Gasteiger partial charge in [-0.1, -0.05) is 0 Å². The van der Waals surface area contributed by atoms with Crippen molar-refractivity contribution < 1.29 is 14.4 Å². The molecule has 0 aromatic heterocycles. The molecule has 13 heteroatoms. The van der Waals surface area contributed by atoms with Crippen LogP contribution in [0.2, 0.25) is 0 Å². The summed E-state index contributed by atoms with van der Waals surface area (Å²) >= 11 is 0. The van der Waals surface area contributed by atoms with Crippen molar-refractivity contribution in [1.82, 2.24) is 47.4 Å². The molecule has 3 amide bonds. The van der Waals surface area contributed by atoms with Crippen molar-refractivity contribution in [1.29, 1.82) is 0 Å². The number of rotatable bonds is 9. The molecule has 3 saturated heterocycles. The first-order chi connectivity index (χ1) is 18.3. The van der Waals surface area contributed by atoms with Crippen molar-refractivity contribution in [3.05, 3.63) is 0 Å². The Labute approximate surface area is 227 Å². The molecule has 13 nitrogen and oxygen atoms in total. The summed E-state index contributed by atoms with van der Waals surface area (Å²) in [6, 6.07) is 0. The van der Waals surface area contributed by atoms with Gasteiger partial charge in [0.05, 0.1) is 11.1 Å². The monoisotopic (exact) mass is 540 g/mol. The second-order valence-electron chi connectivity index (χ2n) is 10.8. The zero-order valence-electron chi connectivity index (χ0n) is 23.5. The average Bonchev–Trinajstić information content (AvgIpc) is 2.85. The third-order valence-electron chi connectivity index (χ3n) is 6.87. The Morgan fingerprint density at radius 2 is 1.29 bits per heavy atom. The molecule has 0 aliphatic carbocycles. The maximum Gasteiger partial charge on any atom is 0.220 e. The molecule has 0 aromatic carbocycles. The van der Waals surface area contributed by atoms with Gasteiger partial charge >= 0.3 is 0 Å². The van der Waals surface area contributed by atoms with E-state index in [2.05, 4.69) is 54.5 Å². The Bertz CT molecular complexity index is 708. The van der Waals surface area contributed by atoms with Gasteiger partial charge in [-0.05, 0) is 26.4 Å². The molecule has 38 heavy (non-hydrogen) atoms. The molecule has 0 unspecified atom stereocenters. The normalized spacial score (nSPS) is 26.6. The molecule has 0 aromatic rings. The quantitative estimate of drug-likeness (QED) is 0.132. The fourth-order valence-electron chi connectivity index (χ4n) is 5.04. The highest BCUT2D eigenvalue weighted by Gasteiger charge is 2.34. The molecule has 3 aliphatic heterocycles. The molecular formula is C25H52N10O3. The van der Waals surface area contributed by atoms with E-state index in [9.17, 15) is 14.4 Å². The second-order valence-corrected chi connectivity index (χ2v) is 10.8. The Kier molecular flexibility index (Phi) is 15.0. The van der Waals surface area contributed by atoms with E-state index < -0.39 is 11.1 Å². The molecule has 220 valence electrons. The lowest BCUT2D eigenvalue weighted by Gasteiger charge is -2.40. The van der Waals surface area contributed by atoms with Crippen LogP contribution in [-0.2, 0) is 14.4 Å². The van der Waals surface area contributed by atoms with Gasteiger partial charge < -0.3 is 53.2 Å². The molecular weight excluding hydrogens is 488 g/mol. The molecule has 0 spiro atoms. The first-order valence-electron chi connectivity index (χ1n) is 14.1. The van der Waals surface area contributed by atoms with Crippen LogP contribution in [0, 0.1) is 0 Å².